The van der Waals surface area contributed by atoms with Crippen molar-refractivity contribution in [2.24, 2.45) is 0 Å². The van der Waals surface area contributed by atoms with E-state index in [1.54, 1.807) is 29.2 Å². The lowest BCUT2D eigenvalue weighted by atomic mass is 10.1. The monoisotopic (exact) mass is 337 g/mol. The molecule has 0 bridgehead atoms. The highest BCUT2D eigenvalue weighted by molar-refractivity contribution is 6.08. The number of carbonyl (C=O) groups is 3. The van der Waals surface area contributed by atoms with Crippen LogP contribution >= 0.6 is 0 Å². The number of rotatable bonds is 5. The van der Waals surface area contributed by atoms with Crippen LogP contribution in [0.1, 0.15) is 18.5 Å². The Morgan fingerprint density at radius 3 is 2.24 bits per heavy atom. The topological polar surface area (TPSA) is 69.7 Å². The number of amides is 4. The average molecular weight is 337 g/mol. The van der Waals surface area contributed by atoms with Crippen molar-refractivity contribution in [3.63, 3.8) is 0 Å². The summed E-state index contributed by atoms with van der Waals surface area (Å²) in [6.45, 7) is 2.02. The fourth-order valence-corrected chi connectivity index (χ4v) is 2.87. The van der Waals surface area contributed by atoms with Gasteiger partial charge in [-0.05, 0) is 24.6 Å². The second-order valence-electron chi connectivity index (χ2n) is 5.69. The Kier molecular flexibility index (Phi) is 4.79. The summed E-state index contributed by atoms with van der Waals surface area (Å²) in [6.07, 6.45) is 0. The third-order valence-corrected chi connectivity index (χ3v) is 4.14. The first kappa shape index (κ1) is 16.7. The molecule has 0 aromatic heterocycles. The summed E-state index contributed by atoms with van der Waals surface area (Å²) in [6, 6.07) is 16.9. The maximum atomic E-state index is 12.6. The Morgan fingerprint density at radius 2 is 1.64 bits per heavy atom. The summed E-state index contributed by atoms with van der Waals surface area (Å²) < 4.78 is 0. The Morgan fingerprint density at radius 1 is 1.04 bits per heavy atom. The van der Waals surface area contributed by atoms with Gasteiger partial charge in [0.15, 0.2) is 0 Å². The maximum absolute atomic E-state index is 12.6. The van der Waals surface area contributed by atoms with Crippen LogP contribution in [0.5, 0.6) is 0 Å². The molecule has 6 heteroatoms. The molecule has 3 rings (SSSR count). The molecule has 4 amide bonds. The number of nitrogens with zero attached hydrogens (tertiary/aromatic N) is 2. The lowest BCUT2D eigenvalue weighted by Gasteiger charge is -2.23. The van der Waals surface area contributed by atoms with Gasteiger partial charge in [0.2, 0.25) is 5.91 Å². The zero-order valence-corrected chi connectivity index (χ0v) is 13.9. The smallest absolute Gasteiger partial charge is 0.322 e. The summed E-state index contributed by atoms with van der Waals surface area (Å²) in [4.78, 5) is 39.9. The van der Waals surface area contributed by atoms with E-state index >= 15 is 0 Å². The SMILES string of the molecule is CCN(C(=O)CN1C(=O)NC(c2ccccc2)C1=O)c1ccccc1. The first-order valence-electron chi connectivity index (χ1n) is 8.14. The van der Waals surface area contributed by atoms with Crippen molar-refractivity contribution < 1.29 is 14.4 Å². The highest BCUT2D eigenvalue weighted by atomic mass is 16.2. The largest absolute Gasteiger partial charge is 0.325 e. The number of para-hydroxylation sites is 1. The van der Waals surface area contributed by atoms with Crippen molar-refractivity contribution in [1.82, 2.24) is 10.2 Å². The van der Waals surface area contributed by atoms with E-state index in [1.807, 2.05) is 43.3 Å². The van der Waals surface area contributed by atoms with Crippen molar-refractivity contribution in [3.8, 4) is 0 Å². The second kappa shape index (κ2) is 7.17. The van der Waals surface area contributed by atoms with Crippen molar-refractivity contribution in [2.75, 3.05) is 18.0 Å². The van der Waals surface area contributed by atoms with Crippen LogP contribution in [0.25, 0.3) is 0 Å². The van der Waals surface area contributed by atoms with E-state index in [0.29, 0.717) is 12.1 Å². The number of likely N-dealkylation sites (N-methyl/N-ethyl adjacent to an activating group) is 1. The quantitative estimate of drug-likeness (QED) is 0.852. The van der Waals surface area contributed by atoms with Gasteiger partial charge in [0.25, 0.3) is 5.91 Å². The molecule has 0 aliphatic carbocycles. The normalized spacial score (nSPS) is 16.7. The number of nitrogens with one attached hydrogen (secondary N) is 1. The fourth-order valence-electron chi connectivity index (χ4n) is 2.87. The van der Waals surface area contributed by atoms with Gasteiger partial charge in [-0.3, -0.25) is 14.5 Å². The molecule has 0 saturated carbocycles. The molecule has 1 saturated heterocycles. The lowest BCUT2D eigenvalue weighted by molar-refractivity contribution is -0.131. The number of carbonyl (C=O) groups excluding carboxylic acids is 3. The highest BCUT2D eigenvalue weighted by Crippen LogP contribution is 2.22. The Hall–Kier alpha value is -3.15. The first-order valence-corrected chi connectivity index (χ1v) is 8.14. The van der Waals surface area contributed by atoms with Gasteiger partial charge in [0.1, 0.15) is 12.6 Å². The molecule has 2 aromatic carbocycles. The number of hydrogen-bond acceptors (Lipinski definition) is 3. The van der Waals surface area contributed by atoms with Crippen LogP contribution in [0, 0.1) is 0 Å². The molecule has 1 N–H and O–H groups in total. The summed E-state index contributed by atoms with van der Waals surface area (Å²) in [7, 11) is 0. The molecule has 128 valence electrons. The van der Waals surface area contributed by atoms with Crippen molar-refractivity contribution in [3.05, 3.63) is 66.2 Å². The zero-order valence-electron chi connectivity index (χ0n) is 13.9. The molecule has 6 nitrogen and oxygen atoms in total. The van der Waals surface area contributed by atoms with E-state index in [9.17, 15) is 14.4 Å². The summed E-state index contributed by atoms with van der Waals surface area (Å²) in [5.41, 5.74) is 1.44. The van der Waals surface area contributed by atoms with Crippen LogP contribution < -0.4 is 10.2 Å². The van der Waals surface area contributed by atoms with Gasteiger partial charge in [-0.2, -0.15) is 0 Å². The number of anilines is 1. The van der Waals surface area contributed by atoms with Crippen LogP contribution in [0.2, 0.25) is 0 Å². The Bertz CT molecular complexity index is 777. The van der Waals surface area contributed by atoms with Gasteiger partial charge in [-0.15, -0.1) is 0 Å². The zero-order chi connectivity index (χ0) is 17.8. The maximum Gasteiger partial charge on any atom is 0.325 e. The first-order chi connectivity index (χ1) is 12.1. The van der Waals surface area contributed by atoms with Crippen LogP contribution in [0.3, 0.4) is 0 Å². The molecule has 1 unspecified atom stereocenters. The van der Waals surface area contributed by atoms with Crippen molar-refractivity contribution >= 4 is 23.5 Å². The molecule has 1 atom stereocenters. The third kappa shape index (κ3) is 3.38. The summed E-state index contributed by atoms with van der Waals surface area (Å²) in [5.74, 6) is -0.709. The fraction of sp³-hybridized carbons (Fsp3) is 0.211. The molecular formula is C19H19N3O3. The summed E-state index contributed by atoms with van der Waals surface area (Å²) >= 11 is 0. The van der Waals surface area contributed by atoms with E-state index in [0.717, 1.165) is 10.6 Å². The molecule has 1 fully saturated rings. The minimum atomic E-state index is -0.742. The standard InChI is InChI=1S/C19H19N3O3/c1-2-21(15-11-7-4-8-12-15)16(23)13-22-18(24)17(20-19(22)25)14-9-5-3-6-10-14/h3-12,17H,2,13H2,1H3,(H,20,25). The van der Waals surface area contributed by atoms with E-state index < -0.39 is 18.0 Å². The Balaban J connectivity index is 1.75. The predicted molar refractivity (Wildman–Crippen MR) is 93.9 cm³/mol. The van der Waals surface area contributed by atoms with E-state index in [4.69, 9.17) is 0 Å². The van der Waals surface area contributed by atoms with E-state index in [2.05, 4.69) is 5.32 Å². The van der Waals surface area contributed by atoms with Gasteiger partial charge in [-0.1, -0.05) is 48.5 Å². The van der Waals surface area contributed by atoms with E-state index in [1.165, 1.54) is 0 Å². The number of imide groups is 1. The van der Waals surface area contributed by atoms with E-state index in [-0.39, 0.29) is 12.5 Å². The molecule has 1 heterocycles. The third-order valence-electron chi connectivity index (χ3n) is 4.14. The molecule has 0 radical (unpaired) electrons. The highest BCUT2D eigenvalue weighted by Gasteiger charge is 2.40. The second-order valence-corrected chi connectivity index (χ2v) is 5.69. The predicted octanol–water partition coefficient (Wildman–Crippen LogP) is 2.33. The van der Waals surface area contributed by atoms with Gasteiger partial charge in [0, 0.05) is 12.2 Å². The minimum absolute atomic E-state index is 0.281. The minimum Gasteiger partial charge on any atom is -0.322 e. The van der Waals surface area contributed by atoms with Crippen LogP contribution in [-0.4, -0.2) is 35.8 Å². The number of benzene rings is 2. The molecule has 1 aliphatic rings. The summed E-state index contributed by atoms with van der Waals surface area (Å²) in [5, 5.41) is 2.64. The number of hydrogen-bond donors (Lipinski definition) is 1. The van der Waals surface area contributed by atoms with Gasteiger partial charge >= 0.3 is 6.03 Å². The van der Waals surface area contributed by atoms with Crippen LogP contribution in [0.4, 0.5) is 10.5 Å². The van der Waals surface area contributed by atoms with Crippen LogP contribution in [0.15, 0.2) is 60.7 Å². The van der Waals surface area contributed by atoms with Crippen LogP contribution in [-0.2, 0) is 9.59 Å². The van der Waals surface area contributed by atoms with Crippen molar-refractivity contribution in [2.45, 2.75) is 13.0 Å². The van der Waals surface area contributed by atoms with Gasteiger partial charge < -0.3 is 10.2 Å². The number of urea groups is 1. The Labute approximate surface area is 146 Å². The molecule has 25 heavy (non-hydrogen) atoms. The molecule has 1 aliphatic heterocycles. The molecule has 0 spiro atoms. The van der Waals surface area contributed by atoms with Crippen molar-refractivity contribution in [1.29, 1.82) is 0 Å². The molecule has 2 aromatic rings. The lowest BCUT2D eigenvalue weighted by Crippen LogP contribution is -2.43. The van der Waals surface area contributed by atoms with Gasteiger partial charge in [0.05, 0.1) is 0 Å². The van der Waals surface area contributed by atoms with Gasteiger partial charge in [-0.25, -0.2) is 4.79 Å². The average Bonchev–Trinajstić information content (AvgIpc) is 2.92. The molecular weight excluding hydrogens is 318 g/mol.